The van der Waals surface area contributed by atoms with Gasteiger partial charge in [0.15, 0.2) is 0 Å². The van der Waals surface area contributed by atoms with Crippen LogP contribution in [0, 0.1) is 0 Å². The van der Waals surface area contributed by atoms with Crippen LogP contribution in [0.15, 0.2) is 0 Å². The molecule has 0 heterocycles. The predicted octanol–water partition coefficient (Wildman–Crippen LogP) is 0.701. The van der Waals surface area contributed by atoms with Gasteiger partial charge in [-0.2, -0.15) is 0 Å². The van der Waals surface area contributed by atoms with E-state index < -0.39 is 5.60 Å². The molecule has 0 N–H and O–H groups in total. The van der Waals surface area contributed by atoms with Crippen molar-refractivity contribution in [3.8, 4) is 0 Å². The molecule has 4 heteroatoms. The lowest BCUT2D eigenvalue weighted by Gasteiger charge is -2.31. The molecule has 0 atom stereocenters. The summed E-state index contributed by atoms with van der Waals surface area (Å²) in [6.07, 6.45) is 0. The van der Waals surface area contributed by atoms with Crippen molar-refractivity contribution in [3.05, 3.63) is 0 Å². The Morgan fingerprint density at radius 1 is 0.846 bits per heavy atom. The summed E-state index contributed by atoms with van der Waals surface area (Å²) in [7, 11) is 4.91. The van der Waals surface area contributed by atoms with E-state index in [1.165, 1.54) is 0 Å². The number of rotatable bonds is 8. The van der Waals surface area contributed by atoms with Crippen molar-refractivity contribution >= 4 is 0 Å². The van der Waals surface area contributed by atoms with Crippen LogP contribution in [0.2, 0.25) is 0 Å². The Labute approximate surface area is 80.1 Å². The van der Waals surface area contributed by atoms with Gasteiger partial charge in [0.2, 0.25) is 0 Å². The summed E-state index contributed by atoms with van der Waals surface area (Å²) in [6.45, 7) is 3.99. The highest BCUT2D eigenvalue weighted by Gasteiger charge is 2.31. The van der Waals surface area contributed by atoms with E-state index in [9.17, 15) is 0 Å². The molecular formula is C9H20O4. The Balaban J connectivity index is 4.19. The molecular weight excluding hydrogens is 172 g/mol. The Bertz CT molecular complexity index is 86.7. The van der Waals surface area contributed by atoms with E-state index in [0.29, 0.717) is 26.4 Å². The minimum absolute atomic E-state index is 0.465. The zero-order chi connectivity index (χ0) is 10.2. The fraction of sp³-hybridized carbons (Fsp3) is 1.00. The maximum atomic E-state index is 5.58. The van der Waals surface area contributed by atoms with Crippen LogP contribution in [0.3, 0.4) is 0 Å². The van der Waals surface area contributed by atoms with E-state index in [0.717, 1.165) is 0 Å². The highest BCUT2D eigenvalue weighted by atomic mass is 16.6. The minimum atomic E-state index is -0.465. The van der Waals surface area contributed by atoms with Crippen molar-refractivity contribution in [2.24, 2.45) is 0 Å². The van der Waals surface area contributed by atoms with Crippen LogP contribution in [0.1, 0.15) is 6.92 Å². The van der Waals surface area contributed by atoms with E-state index in [1.807, 2.05) is 6.92 Å². The van der Waals surface area contributed by atoms with Crippen LogP contribution in [-0.4, -0.2) is 53.4 Å². The van der Waals surface area contributed by atoms with Crippen LogP contribution in [0.5, 0.6) is 0 Å². The van der Waals surface area contributed by atoms with Gasteiger partial charge in [-0.05, 0) is 6.92 Å². The monoisotopic (exact) mass is 192 g/mol. The van der Waals surface area contributed by atoms with Crippen molar-refractivity contribution in [3.63, 3.8) is 0 Å². The molecule has 0 rings (SSSR count). The maximum Gasteiger partial charge on any atom is 0.138 e. The quantitative estimate of drug-likeness (QED) is 0.567. The molecule has 0 bridgehead atoms. The van der Waals surface area contributed by atoms with Gasteiger partial charge >= 0.3 is 0 Å². The van der Waals surface area contributed by atoms with Crippen LogP contribution < -0.4 is 0 Å². The molecule has 0 radical (unpaired) electrons. The molecule has 0 aliphatic rings. The van der Waals surface area contributed by atoms with Crippen LogP contribution in [-0.2, 0) is 18.9 Å². The summed E-state index contributed by atoms with van der Waals surface area (Å²) in [4.78, 5) is 0. The summed E-state index contributed by atoms with van der Waals surface area (Å²) in [5.41, 5.74) is -0.465. The second kappa shape index (κ2) is 7.26. The van der Waals surface area contributed by atoms with E-state index >= 15 is 0 Å². The zero-order valence-corrected chi connectivity index (χ0v) is 8.96. The number of methoxy groups -OCH3 is 3. The normalized spacial score (nSPS) is 12.0. The van der Waals surface area contributed by atoms with Gasteiger partial charge in [0.05, 0.1) is 19.8 Å². The van der Waals surface area contributed by atoms with E-state index in [1.54, 1.807) is 21.3 Å². The molecule has 0 saturated carbocycles. The van der Waals surface area contributed by atoms with Crippen molar-refractivity contribution in [1.29, 1.82) is 0 Å². The molecule has 80 valence electrons. The maximum absolute atomic E-state index is 5.58. The van der Waals surface area contributed by atoms with E-state index in [-0.39, 0.29) is 0 Å². The van der Waals surface area contributed by atoms with E-state index in [4.69, 9.17) is 18.9 Å². The average Bonchev–Trinajstić information content (AvgIpc) is 2.06. The predicted molar refractivity (Wildman–Crippen MR) is 50.0 cm³/mol. The molecule has 0 spiro atoms. The van der Waals surface area contributed by atoms with Gasteiger partial charge in [0, 0.05) is 27.9 Å². The lowest BCUT2D eigenvalue weighted by Crippen LogP contribution is -2.46. The van der Waals surface area contributed by atoms with Crippen LogP contribution in [0.4, 0.5) is 0 Å². The van der Waals surface area contributed by atoms with Gasteiger partial charge in [-0.3, -0.25) is 0 Å². The Morgan fingerprint density at radius 2 is 1.23 bits per heavy atom. The van der Waals surface area contributed by atoms with Crippen molar-refractivity contribution < 1.29 is 18.9 Å². The molecule has 0 aromatic rings. The molecule has 0 aliphatic heterocycles. The average molecular weight is 192 g/mol. The van der Waals surface area contributed by atoms with E-state index in [2.05, 4.69) is 0 Å². The van der Waals surface area contributed by atoms with Gasteiger partial charge in [0.1, 0.15) is 5.60 Å². The molecule has 0 unspecified atom stereocenters. The summed E-state index contributed by atoms with van der Waals surface area (Å²) in [5.74, 6) is 0. The molecule has 0 fully saturated rings. The number of hydrogen-bond donors (Lipinski definition) is 0. The number of hydrogen-bond acceptors (Lipinski definition) is 4. The fourth-order valence-electron chi connectivity index (χ4n) is 1.35. The molecule has 13 heavy (non-hydrogen) atoms. The summed E-state index contributed by atoms with van der Waals surface area (Å²) < 4.78 is 20.8. The second-order valence-electron chi connectivity index (χ2n) is 2.92. The van der Waals surface area contributed by atoms with Crippen molar-refractivity contribution in [2.75, 3.05) is 47.8 Å². The molecule has 0 amide bonds. The lowest BCUT2D eigenvalue weighted by molar-refractivity contribution is -0.148. The topological polar surface area (TPSA) is 36.9 Å². The fourth-order valence-corrected chi connectivity index (χ4v) is 1.35. The zero-order valence-electron chi connectivity index (χ0n) is 8.96. The summed E-state index contributed by atoms with van der Waals surface area (Å²) in [6, 6.07) is 0. The Morgan fingerprint density at radius 3 is 1.46 bits per heavy atom. The Kier molecular flexibility index (Phi) is 7.17. The second-order valence-corrected chi connectivity index (χ2v) is 2.92. The third-order valence-corrected chi connectivity index (χ3v) is 1.67. The molecule has 0 aromatic carbocycles. The number of ether oxygens (including phenoxy) is 4. The first-order valence-corrected chi connectivity index (χ1v) is 4.35. The lowest BCUT2D eigenvalue weighted by atomic mass is 10.1. The highest BCUT2D eigenvalue weighted by Crippen LogP contribution is 2.12. The molecule has 0 aromatic heterocycles. The third kappa shape index (κ3) is 4.57. The first-order valence-electron chi connectivity index (χ1n) is 4.35. The summed E-state index contributed by atoms with van der Waals surface area (Å²) >= 11 is 0. The van der Waals surface area contributed by atoms with Crippen molar-refractivity contribution in [2.45, 2.75) is 12.5 Å². The minimum Gasteiger partial charge on any atom is -0.382 e. The standard InChI is InChI=1S/C9H20O4/c1-5-13-9(6-10-2,7-11-3)8-12-4/h5-8H2,1-4H3. The molecule has 0 saturated heterocycles. The van der Waals surface area contributed by atoms with Gasteiger partial charge in [-0.25, -0.2) is 0 Å². The van der Waals surface area contributed by atoms with Crippen LogP contribution >= 0.6 is 0 Å². The summed E-state index contributed by atoms with van der Waals surface area (Å²) in [5, 5.41) is 0. The first kappa shape index (κ1) is 12.8. The molecule has 0 aliphatic carbocycles. The molecule has 4 nitrogen and oxygen atoms in total. The van der Waals surface area contributed by atoms with Gasteiger partial charge in [0.25, 0.3) is 0 Å². The highest BCUT2D eigenvalue weighted by molar-refractivity contribution is 4.80. The van der Waals surface area contributed by atoms with Gasteiger partial charge in [-0.15, -0.1) is 0 Å². The van der Waals surface area contributed by atoms with Crippen LogP contribution in [0.25, 0.3) is 0 Å². The Hall–Kier alpha value is -0.160. The van der Waals surface area contributed by atoms with Gasteiger partial charge < -0.3 is 18.9 Å². The SMILES string of the molecule is CCOC(COC)(COC)COC. The van der Waals surface area contributed by atoms with Gasteiger partial charge in [-0.1, -0.05) is 0 Å². The largest absolute Gasteiger partial charge is 0.382 e. The third-order valence-electron chi connectivity index (χ3n) is 1.67. The first-order chi connectivity index (χ1) is 6.24. The smallest absolute Gasteiger partial charge is 0.138 e. The van der Waals surface area contributed by atoms with Crippen molar-refractivity contribution in [1.82, 2.24) is 0 Å².